The van der Waals surface area contributed by atoms with Gasteiger partial charge in [0, 0.05) is 31.9 Å². The van der Waals surface area contributed by atoms with Crippen molar-refractivity contribution in [3.05, 3.63) is 30.1 Å². The monoisotopic (exact) mass is 413 g/mol. The molecule has 2 saturated heterocycles. The van der Waals surface area contributed by atoms with Gasteiger partial charge in [0.25, 0.3) is 0 Å². The third-order valence-electron chi connectivity index (χ3n) is 6.89. The van der Waals surface area contributed by atoms with Crippen LogP contribution < -0.4 is 11.1 Å². The van der Waals surface area contributed by atoms with Crippen molar-refractivity contribution >= 4 is 17.7 Å². The van der Waals surface area contributed by atoms with Crippen LogP contribution in [0.25, 0.3) is 0 Å². The van der Waals surface area contributed by atoms with Crippen LogP contribution in [0.2, 0.25) is 0 Å². The molecule has 0 bridgehead atoms. The molecule has 1 aromatic heterocycles. The maximum absolute atomic E-state index is 12.7. The van der Waals surface area contributed by atoms with Crippen molar-refractivity contribution in [2.45, 2.75) is 51.1 Å². The molecule has 0 unspecified atom stereocenters. The number of likely N-dealkylation sites (tertiary alicyclic amines) is 2. The Morgan fingerprint density at radius 1 is 1.13 bits per heavy atom. The number of amides is 3. The smallest absolute Gasteiger partial charge is 0.238 e. The molecule has 0 aromatic carbocycles. The third-order valence-corrected chi connectivity index (χ3v) is 6.89. The summed E-state index contributed by atoms with van der Waals surface area (Å²) in [6.07, 6.45) is 6.57. The largest absolute Gasteiger partial charge is 0.369 e. The Morgan fingerprint density at radius 3 is 2.53 bits per heavy atom. The van der Waals surface area contributed by atoms with E-state index in [0.717, 1.165) is 44.5 Å². The molecule has 0 radical (unpaired) electrons. The van der Waals surface area contributed by atoms with E-state index in [2.05, 4.69) is 15.2 Å². The van der Waals surface area contributed by atoms with Crippen molar-refractivity contribution in [1.29, 1.82) is 0 Å². The zero-order valence-corrected chi connectivity index (χ0v) is 17.4. The van der Waals surface area contributed by atoms with Gasteiger partial charge in [0.1, 0.15) is 5.41 Å². The summed E-state index contributed by atoms with van der Waals surface area (Å²) < 4.78 is 0. The van der Waals surface area contributed by atoms with Gasteiger partial charge in [0.15, 0.2) is 0 Å². The van der Waals surface area contributed by atoms with Gasteiger partial charge in [-0.3, -0.25) is 24.3 Å². The molecule has 8 nitrogen and oxygen atoms in total. The summed E-state index contributed by atoms with van der Waals surface area (Å²) >= 11 is 0. The van der Waals surface area contributed by atoms with Crippen molar-refractivity contribution in [2.24, 2.45) is 17.1 Å². The second-order valence-corrected chi connectivity index (χ2v) is 8.84. The molecular weight excluding hydrogens is 382 g/mol. The number of hydrogen-bond acceptors (Lipinski definition) is 5. The fourth-order valence-electron chi connectivity index (χ4n) is 4.80. The lowest BCUT2D eigenvalue weighted by Crippen LogP contribution is -2.53. The van der Waals surface area contributed by atoms with Gasteiger partial charge in [0.05, 0.1) is 18.2 Å². The average molecular weight is 414 g/mol. The molecule has 30 heavy (non-hydrogen) atoms. The number of carbonyl (C=O) groups excluding carboxylic acids is 3. The number of hydrogen-bond donors (Lipinski definition) is 2. The molecule has 162 valence electrons. The highest BCUT2D eigenvalue weighted by Gasteiger charge is 2.57. The summed E-state index contributed by atoms with van der Waals surface area (Å²) in [6.45, 7) is 3.53. The lowest BCUT2D eigenvalue weighted by Gasteiger charge is -2.42. The zero-order valence-electron chi connectivity index (χ0n) is 17.4. The molecule has 1 atom stereocenters. The maximum atomic E-state index is 12.7. The van der Waals surface area contributed by atoms with Gasteiger partial charge < -0.3 is 16.0 Å². The summed E-state index contributed by atoms with van der Waals surface area (Å²) in [4.78, 5) is 45.5. The van der Waals surface area contributed by atoms with Crippen LogP contribution in [0.15, 0.2) is 24.4 Å². The predicted octanol–water partition coefficient (Wildman–Crippen LogP) is 0.666. The quantitative estimate of drug-likeness (QED) is 0.666. The van der Waals surface area contributed by atoms with Gasteiger partial charge in [-0.05, 0) is 57.2 Å². The normalized spacial score (nSPS) is 24.3. The molecule has 1 aliphatic carbocycles. The van der Waals surface area contributed by atoms with Crippen molar-refractivity contribution in [1.82, 2.24) is 20.1 Å². The molecule has 3 N–H and O–H groups in total. The van der Waals surface area contributed by atoms with Gasteiger partial charge >= 0.3 is 0 Å². The highest BCUT2D eigenvalue weighted by molar-refractivity contribution is 6.07. The standard InChI is InChI=1S/C22H31N5O3/c23-20(29)22(8-9-22)21(30)26-12-6-18(7-13-26)27-11-3-4-16(15-27)19(28)25-14-17-5-1-2-10-24-17/h1-2,5,10,16,18H,3-4,6-9,11-15H2,(H2,23,29)(H,25,28)/t16-/m1/s1. The third kappa shape index (κ3) is 4.33. The maximum Gasteiger partial charge on any atom is 0.238 e. The fraction of sp³-hybridized carbons (Fsp3) is 0.636. The number of pyridine rings is 1. The first-order chi connectivity index (χ1) is 14.5. The minimum atomic E-state index is -0.922. The minimum absolute atomic E-state index is 0.00767. The van der Waals surface area contributed by atoms with Crippen molar-refractivity contribution in [3.8, 4) is 0 Å². The number of nitrogens with zero attached hydrogens (tertiary/aromatic N) is 3. The van der Waals surface area contributed by atoms with Crippen LogP contribution in [-0.2, 0) is 20.9 Å². The summed E-state index contributed by atoms with van der Waals surface area (Å²) in [7, 11) is 0. The molecule has 8 heteroatoms. The predicted molar refractivity (Wildman–Crippen MR) is 111 cm³/mol. The molecule has 3 fully saturated rings. The molecule has 0 spiro atoms. The Bertz CT molecular complexity index is 787. The Morgan fingerprint density at radius 2 is 1.90 bits per heavy atom. The summed E-state index contributed by atoms with van der Waals surface area (Å²) in [5.74, 6) is -0.481. The van der Waals surface area contributed by atoms with E-state index in [4.69, 9.17) is 5.73 Å². The van der Waals surface area contributed by atoms with E-state index in [1.807, 2.05) is 23.1 Å². The van der Waals surface area contributed by atoms with E-state index >= 15 is 0 Å². The lowest BCUT2D eigenvalue weighted by molar-refractivity contribution is -0.144. The Hall–Kier alpha value is -2.48. The molecular formula is C22H31N5O3. The van der Waals surface area contributed by atoms with Crippen LogP contribution >= 0.6 is 0 Å². The number of rotatable bonds is 6. The van der Waals surface area contributed by atoms with E-state index in [1.54, 1.807) is 6.20 Å². The first-order valence-electron chi connectivity index (χ1n) is 11.0. The second kappa shape index (κ2) is 8.71. The topological polar surface area (TPSA) is 109 Å². The number of primary amides is 1. The molecule has 1 aromatic rings. The zero-order chi connectivity index (χ0) is 21.1. The van der Waals surface area contributed by atoms with E-state index in [-0.39, 0.29) is 17.7 Å². The number of carbonyl (C=O) groups is 3. The average Bonchev–Trinajstić information content (AvgIpc) is 3.60. The fourth-order valence-corrected chi connectivity index (χ4v) is 4.80. The van der Waals surface area contributed by atoms with E-state index < -0.39 is 11.3 Å². The molecule has 4 rings (SSSR count). The highest BCUT2D eigenvalue weighted by Crippen LogP contribution is 2.47. The molecule has 3 aliphatic rings. The van der Waals surface area contributed by atoms with E-state index in [0.29, 0.717) is 38.5 Å². The summed E-state index contributed by atoms with van der Waals surface area (Å²) in [5.41, 5.74) is 5.39. The van der Waals surface area contributed by atoms with Crippen LogP contribution in [0.4, 0.5) is 0 Å². The van der Waals surface area contributed by atoms with Crippen LogP contribution in [0.1, 0.15) is 44.2 Å². The molecule has 1 saturated carbocycles. The number of aromatic nitrogens is 1. The molecule has 2 aliphatic heterocycles. The van der Waals surface area contributed by atoms with Crippen LogP contribution in [-0.4, -0.2) is 64.7 Å². The van der Waals surface area contributed by atoms with Crippen LogP contribution in [0, 0.1) is 11.3 Å². The van der Waals surface area contributed by atoms with Crippen molar-refractivity contribution in [2.75, 3.05) is 26.2 Å². The van der Waals surface area contributed by atoms with Gasteiger partial charge in [-0.25, -0.2) is 0 Å². The highest BCUT2D eigenvalue weighted by atomic mass is 16.2. The number of nitrogens with two attached hydrogens (primary N) is 1. The SMILES string of the molecule is NC(=O)C1(C(=O)N2CCC(N3CCC[C@@H](C(=O)NCc4ccccn4)C3)CC2)CC1. The number of piperidine rings is 2. The molecule has 3 heterocycles. The van der Waals surface area contributed by atoms with Gasteiger partial charge in [-0.2, -0.15) is 0 Å². The summed E-state index contributed by atoms with van der Waals surface area (Å²) in [6, 6.07) is 6.07. The van der Waals surface area contributed by atoms with Crippen LogP contribution in [0.5, 0.6) is 0 Å². The van der Waals surface area contributed by atoms with Gasteiger partial charge in [-0.1, -0.05) is 6.07 Å². The minimum Gasteiger partial charge on any atom is -0.369 e. The first-order valence-corrected chi connectivity index (χ1v) is 11.0. The molecule has 3 amide bonds. The lowest BCUT2D eigenvalue weighted by atomic mass is 9.92. The van der Waals surface area contributed by atoms with Gasteiger partial charge in [-0.15, -0.1) is 0 Å². The summed E-state index contributed by atoms with van der Waals surface area (Å²) in [5, 5.41) is 3.02. The second-order valence-electron chi connectivity index (χ2n) is 8.84. The van der Waals surface area contributed by atoms with Crippen molar-refractivity contribution < 1.29 is 14.4 Å². The van der Waals surface area contributed by atoms with Gasteiger partial charge in [0.2, 0.25) is 17.7 Å². The Kier molecular flexibility index (Phi) is 6.04. The Labute approximate surface area is 177 Å². The Balaban J connectivity index is 1.25. The van der Waals surface area contributed by atoms with E-state index in [1.165, 1.54) is 0 Å². The number of nitrogens with one attached hydrogen (secondary N) is 1. The van der Waals surface area contributed by atoms with Crippen LogP contribution in [0.3, 0.4) is 0 Å². The van der Waals surface area contributed by atoms with E-state index in [9.17, 15) is 14.4 Å². The first kappa shape index (κ1) is 20.8. The van der Waals surface area contributed by atoms with Crippen molar-refractivity contribution in [3.63, 3.8) is 0 Å².